The molecule has 1 aliphatic rings. The molecule has 0 radical (unpaired) electrons. The van der Waals surface area contributed by atoms with E-state index in [0.717, 1.165) is 18.2 Å². The molecule has 28 heavy (non-hydrogen) atoms. The second-order valence-electron chi connectivity index (χ2n) is 7.03. The Bertz CT molecular complexity index is 980. The average Bonchev–Trinajstić information content (AvgIpc) is 3.42. The third-order valence-electron chi connectivity index (χ3n) is 4.79. The smallest absolute Gasteiger partial charge is 0.213 e. The second kappa shape index (κ2) is 7.75. The number of nitrogens with one attached hydrogen (secondary N) is 2. The van der Waals surface area contributed by atoms with Gasteiger partial charge in [-0.3, -0.25) is 5.41 Å². The lowest BCUT2D eigenvalue weighted by atomic mass is 10.1. The molecule has 1 aliphatic carbocycles. The topological polar surface area (TPSA) is 102 Å². The maximum absolute atomic E-state index is 8.56. The highest BCUT2D eigenvalue weighted by Gasteiger charge is 2.22. The first-order chi connectivity index (χ1) is 13.6. The summed E-state index contributed by atoms with van der Waals surface area (Å²) in [4.78, 5) is 17.3. The molecular formula is C20H23N7O. The van der Waals surface area contributed by atoms with Gasteiger partial charge in [-0.2, -0.15) is 0 Å². The van der Waals surface area contributed by atoms with Crippen LogP contribution >= 0.6 is 0 Å². The van der Waals surface area contributed by atoms with E-state index in [1.165, 1.54) is 19.2 Å². The molecule has 3 aromatic rings. The minimum atomic E-state index is -0.0554. The van der Waals surface area contributed by atoms with Crippen molar-refractivity contribution in [3.05, 3.63) is 60.2 Å². The molecule has 0 saturated heterocycles. The van der Waals surface area contributed by atoms with Crippen LogP contribution in [0.15, 0.2) is 43.2 Å². The number of pyridine rings is 1. The molecule has 3 aromatic heterocycles. The van der Waals surface area contributed by atoms with Crippen molar-refractivity contribution < 1.29 is 4.74 Å². The van der Waals surface area contributed by atoms with Gasteiger partial charge in [0.25, 0.3) is 0 Å². The SMILES string of the molecule is COc1cccc(C(=N)c2cncnc2NC(C)c2cn(CC3CC3)cn2)n1. The van der Waals surface area contributed by atoms with Gasteiger partial charge in [-0.25, -0.2) is 19.9 Å². The molecule has 8 heteroatoms. The molecule has 0 amide bonds. The molecule has 4 rings (SSSR count). The molecule has 0 spiro atoms. The van der Waals surface area contributed by atoms with Gasteiger partial charge in [-0.15, -0.1) is 0 Å². The van der Waals surface area contributed by atoms with E-state index in [-0.39, 0.29) is 11.8 Å². The molecule has 8 nitrogen and oxygen atoms in total. The Kier molecular flexibility index (Phi) is 5.01. The zero-order valence-electron chi connectivity index (χ0n) is 16.0. The number of nitrogens with zero attached hydrogens (tertiary/aromatic N) is 5. The Labute approximate surface area is 163 Å². The van der Waals surface area contributed by atoms with Crippen LogP contribution in [-0.4, -0.2) is 37.3 Å². The highest BCUT2D eigenvalue weighted by molar-refractivity contribution is 6.12. The number of aromatic nitrogens is 5. The van der Waals surface area contributed by atoms with Crippen LogP contribution in [0.3, 0.4) is 0 Å². The predicted octanol–water partition coefficient (Wildman–Crippen LogP) is 3.08. The third-order valence-corrected chi connectivity index (χ3v) is 4.79. The van der Waals surface area contributed by atoms with Gasteiger partial charge in [0, 0.05) is 25.0 Å². The highest BCUT2D eigenvalue weighted by atomic mass is 16.5. The Morgan fingerprint density at radius 1 is 1.36 bits per heavy atom. The summed E-state index contributed by atoms with van der Waals surface area (Å²) in [7, 11) is 1.55. The first kappa shape index (κ1) is 18.1. The van der Waals surface area contributed by atoms with Gasteiger partial charge in [0.05, 0.1) is 42.1 Å². The van der Waals surface area contributed by atoms with Crippen molar-refractivity contribution in [2.24, 2.45) is 5.92 Å². The van der Waals surface area contributed by atoms with Gasteiger partial charge in [0.2, 0.25) is 5.88 Å². The molecule has 1 atom stereocenters. The first-order valence-electron chi connectivity index (χ1n) is 9.32. The summed E-state index contributed by atoms with van der Waals surface area (Å²) >= 11 is 0. The Morgan fingerprint density at radius 2 is 2.21 bits per heavy atom. The molecule has 3 heterocycles. The second-order valence-corrected chi connectivity index (χ2v) is 7.03. The zero-order valence-corrected chi connectivity index (χ0v) is 16.0. The molecule has 1 saturated carbocycles. The van der Waals surface area contributed by atoms with E-state index in [4.69, 9.17) is 10.1 Å². The maximum atomic E-state index is 8.56. The minimum absolute atomic E-state index is 0.0554. The molecule has 0 bridgehead atoms. The normalized spacial score (nSPS) is 14.5. The van der Waals surface area contributed by atoms with Crippen LogP contribution in [-0.2, 0) is 6.54 Å². The van der Waals surface area contributed by atoms with Crippen LogP contribution < -0.4 is 10.1 Å². The van der Waals surface area contributed by atoms with E-state index < -0.39 is 0 Å². The summed E-state index contributed by atoms with van der Waals surface area (Å²) in [6.07, 6.45) is 9.67. The molecule has 1 fully saturated rings. The summed E-state index contributed by atoms with van der Waals surface area (Å²) in [5.74, 6) is 1.84. The van der Waals surface area contributed by atoms with E-state index in [1.54, 1.807) is 25.4 Å². The van der Waals surface area contributed by atoms with Crippen molar-refractivity contribution in [2.75, 3.05) is 12.4 Å². The van der Waals surface area contributed by atoms with E-state index >= 15 is 0 Å². The van der Waals surface area contributed by atoms with Crippen LogP contribution in [0.2, 0.25) is 0 Å². The van der Waals surface area contributed by atoms with E-state index in [1.807, 2.05) is 19.3 Å². The Hall–Kier alpha value is -3.29. The fourth-order valence-corrected chi connectivity index (χ4v) is 3.01. The number of hydrogen-bond donors (Lipinski definition) is 2. The molecular weight excluding hydrogens is 354 g/mol. The summed E-state index contributed by atoms with van der Waals surface area (Å²) in [6.45, 7) is 3.06. The number of rotatable bonds is 8. The van der Waals surface area contributed by atoms with Crippen molar-refractivity contribution in [3.8, 4) is 5.88 Å². The summed E-state index contributed by atoms with van der Waals surface area (Å²) in [5, 5.41) is 11.9. The van der Waals surface area contributed by atoms with Crippen LogP contribution in [0, 0.1) is 11.3 Å². The lowest BCUT2D eigenvalue weighted by Gasteiger charge is -2.15. The van der Waals surface area contributed by atoms with Crippen LogP contribution in [0.5, 0.6) is 5.88 Å². The maximum Gasteiger partial charge on any atom is 0.213 e. The van der Waals surface area contributed by atoms with Crippen molar-refractivity contribution in [1.29, 1.82) is 5.41 Å². The van der Waals surface area contributed by atoms with Crippen molar-refractivity contribution in [2.45, 2.75) is 32.4 Å². The largest absolute Gasteiger partial charge is 0.481 e. The molecule has 0 aliphatic heterocycles. The van der Waals surface area contributed by atoms with Crippen LogP contribution in [0.25, 0.3) is 0 Å². The van der Waals surface area contributed by atoms with Gasteiger partial charge in [0.1, 0.15) is 12.1 Å². The van der Waals surface area contributed by atoms with Crippen LogP contribution in [0.1, 0.15) is 42.8 Å². The van der Waals surface area contributed by atoms with E-state index in [9.17, 15) is 0 Å². The van der Waals surface area contributed by atoms with Gasteiger partial charge in [0.15, 0.2) is 0 Å². The minimum Gasteiger partial charge on any atom is -0.481 e. The van der Waals surface area contributed by atoms with Crippen molar-refractivity contribution in [1.82, 2.24) is 24.5 Å². The fraction of sp³-hybridized carbons (Fsp3) is 0.350. The number of ether oxygens (including phenoxy) is 1. The van der Waals surface area contributed by atoms with Gasteiger partial charge in [-0.05, 0) is 31.7 Å². The lowest BCUT2D eigenvalue weighted by Crippen LogP contribution is -2.14. The highest BCUT2D eigenvalue weighted by Crippen LogP contribution is 2.31. The molecule has 144 valence electrons. The monoisotopic (exact) mass is 377 g/mol. The van der Waals surface area contributed by atoms with Gasteiger partial charge in [-0.1, -0.05) is 6.07 Å². The predicted molar refractivity (Wildman–Crippen MR) is 106 cm³/mol. The van der Waals surface area contributed by atoms with Gasteiger partial charge >= 0.3 is 0 Å². The molecule has 0 aromatic carbocycles. The lowest BCUT2D eigenvalue weighted by molar-refractivity contribution is 0.397. The quantitative estimate of drug-likeness (QED) is 0.585. The summed E-state index contributed by atoms with van der Waals surface area (Å²) < 4.78 is 7.31. The van der Waals surface area contributed by atoms with E-state index in [2.05, 4.69) is 36.0 Å². The number of anilines is 1. The fourth-order valence-electron chi connectivity index (χ4n) is 3.01. The first-order valence-corrected chi connectivity index (χ1v) is 9.32. The number of imidazole rings is 1. The average molecular weight is 377 g/mol. The molecule has 1 unspecified atom stereocenters. The number of methoxy groups -OCH3 is 1. The standard InChI is InChI=1S/C20H23N7O/c1-13(17-10-27(12-24-17)9-14-6-7-14)25-20-15(8-22-11-23-20)19(21)16-4-3-5-18(26-16)28-2/h3-5,8,10-14,21H,6-7,9H2,1-2H3,(H,22,23,25). The molecule has 2 N–H and O–H groups in total. The van der Waals surface area contributed by atoms with Crippen molar-refractivity contribution in [3.63, 3.8) is 0 Å². The number of hydrogen-bond acceptors (Lipinski definition) is 7. The van der Waals surface area contributed by atoms with Crippen molar-refractivity contribution >= 4 is 11.5 Å². The summed E-state index contributed by atoms with van der Waals surface area (Å²) in [5.41, 5.74) is 2.25. The third kappa shape index (κ3) is 4.00. The Balaban J connectivity index is 1.53. The Morgan fingerprint density at radius 3 is 3.00 bits per heavy atom. The zero-order chi connectivity index (χ0) is 19.5. The van der Waals surface area contributed by atoms with Crippen LogP contribution in [0.4, 0.5) is 5.82 Å². The van der Waals surface area contributed by atoms with Gasteiger partial charge < -0.3 is 14.6 Å². The van der Waals surface area contributed by atoms with E-state index in [0.29, 0.717) is 23.0 Å². The summed E-state index contributed by atoms with van der Waals surface area (Å²) in [6, 6.07) is 5.27.